The molecule has 16 heavy (non-hydrogen) atoms. The van der Waals surface area contributed by atoms with Gasteiger partial charge in [0.2, 0.25) is 0 Å². The van der Waals surface area contributed by atoms with Gasteiger partial charge < -0.3 is 4.74 Å². The Morgan fingerprint density at radius 2 is 1.69 bits per heavy atom. The monoisotopic (exact) mass is 231 g/mol. The van der Waals surface area contributed by atoms with Crippen LogP contribution in [0.15, 0.2) is 0 Å². The van der Waals surface area contributed by atoms with E-state index in [1.165, 1.54) is 0 Å². The topological polar surface area (TPSA) is 50.5 Å². The molecule has 0 radical (unpaired) electrons. The molecule has 1 atom stereocenters. The molecule has 0 aliphatic carbocycles. The summed E-state index contributed by atoms with van der Waals surface area (Å²) in [6.45, 7) is 11.6. The second-order valence-corrected chi connectivity index (χ2v) is 4.16. The van der Waals surface area contributed by atoms with Crippen molar-refractivity contribution in [2.24, 2.45) is 5.84 Å². The van der Waals surface area contributed by atoms with Gasteiger partial charge >= 0.3 is 0 Å². The first-order valence-corrected chi connectivity index (χ1v) is 6.36. The second kappa shape index (κ2) is 8.01. The summed E-state index contributed by atoms with van der Waals surface area (Å²) in [7, 11) is 1.72. The largest absolute Gasteiger partial charge is 0.383 e. The van der Waals surface area contributed by atoms with Crippen molar-refractivity contribution in [3.63, 3.8) is 0 Å². The average Bonchev–Trinajstić information content (AvgIpc) is 2.33. The maximum Gasteiger partial charge on any atom is 0.0647 e. The van der Waals surface area contributed by atoms with E-state index >= 15 is 0 Å². The molecule has 4 heteroatoms. The van der Waals surface area contributed by atoms with Crippen LogP contribution in [0.3, 0.4) is 0 Å². The van der Waals surface area contributed by atoms with Crippen LogP contribution in [-0.2, 0) is 4.74 Å². The molecule has 0 spiro atoms. The third-order valence-corrected chi connectivity index (χ3v) is 3.80. The van der Waals surface area contributed by atoms with E-state index in [1.807, 2.05) is 0 Å². The number of nitrogens with two attached hydrogens (primary N) is 1. The fraction of sp³-hybridized carbons (Fsp3) is 1.00. The van der Waals surface area contributed by atoms with Gasteiger partial charge in [0.25, 0.3) is 0 Å². The van der Waals surface area contributed by atoms with Crippen molar-refractivity contribution in [3.8, 4) is 0 Å². The van der Waals surface area contributed by atoms with Gasteiger partial charge in [-0.2, -0.15) is 0 Å². The van der Waals surface area contributed by atoms with E-state index in [9.17, 15) is 0 Å². The van der Waals surface area contributed by atoms with Gasteiger partial charge in [-0.05, 0) is 25.9 Å². The zero-order valence-corrected chi connectivity index (χ0v) is 11.5. The summed E-state index contributed by atoms with van der Waals surface area (Å²) in [6.07, 6.45) is 2.15. The molecule has 0 saturated carbocycles. The Hall–Kier alpha value is -0.160. The highest BCUT2D eigenvalue weighted by Gasteiger charge is 2.39. The molecule has 0 amide bonds. The van der Waals surface area contributed by atoms with Gasteiger partial charge in [-0.1, -0.05) is 27.7 Å². The first-order chi connectivity index (χ1) is 7.66. The van der Waals surface area contributed by atoms with Crippen molar-refractivity contribution in [1.29, 1.82) is 0 Å². The Bertz CT molecular complexity index is 168. The molecule has 0 bridgehead atoms. The Kier molecular flexibility index (Phi) is 7.93. The summed E-state index contributed by atoms with van der Waals surface area (Å²) >= 11 is 0. The highest BCUT2D eigenvalue weighted by Crippen LogP contribution is 2.27. The minimum Gasteiger partial charge on any atom is -0.383 e. The molecule has 0 rings (SSSR count). The van der Waals surface area contributed by atoms with Crippen LogP contribution in [0.4, 0.5) is 0 Å². The highest BCUT2D eigenvalue weighted by atomic mass is 16.5. The Labute approximate surface area is 100 Å². The Morgan fingerprint density at radius 1 is 1.19 bits per heavy atom. The SMILES string of the molecule is CCN(CC)C(CC)(CC)C(COC)NN. The molecule has 98 valence electrons. The lowest BCUT2D eigenvalue weighted by Gasteiger charge is -2.47. The highest BCUT2D eigenvalue weighted by molar-refractivity contribution is 4.97. The smallest absolute Gasteiger partial charge is 0.0647 e. The molecular formula is C12H29N3O. The number of rotatable bonds is 9. The normalized spacial score (nSPS) is 14.4. The Morgan fingerprint density at radius 3 is 1.94 bits per heavy atom. The molecule has 0 aromatic carbocycles. The third kappa shape index (κ3) is 3.17. The summed E-state index contributed by atoms with van der Waals surface area (Å²) in [5.74, 6) is 5.69. The molecule has 0 aliphatic heterocycles. The van der Waals surface area contributed by atoms with Crippen LogP contribution in [0, 0.1) is 0 Å². The van der Waals surface area contributed by atoms with E-state index in [4.69, 9.17) is 10.6 Å². The molecule has 1 unspecified atom stereocenters. The fourth-order valence-electron chi connectivity index (χ4n) is 2.79. The molecule has 3 N–H and O–H groups in total. The summed E-state index contributed by atoms with van der Waals surface area (Å²) < 4.78 is 5.27. The van der Waals surface area contributed by atoms with Gasteiger partial charge in [-0.3, -0.25) is 16.2 Å². The van der Waals surface area contributed by atoms with Crippen molar-refractivity contribution in [2.45, 2.75) is 52.1 Å². The number of hydrogen-bond acceptors (Lipinski definition) is 4. The summed E-state index contributed by atoms with van der Waals surface area (Å²) in [4.78, 5) is 2.48. The predicted molar refractivity (Wildman–Crippen MR) is 69.2 cm³/mol. The molecular weight excluding hydrogens is 202 g/mol. The number of nitrogens with one attached hydrogen (secondary N) is 1. The van der Waals surface area contributed by atoms with Crippen LogP contribution in [-0.4, -0.2) is 43.3 Å². The first kappa shape index (κ1) is 15.8. The standard InChI is InChI=1S/C12H29N3O/c1-6-12(7-2,15(8-3)9-4)11(14-13)10-16-5/h11,14H,6-10,13H2,1-5H3. The molecule has 0 aromatic rings. The Balaban J connectivity index is 5.01. The molecule has 0 aromatic heterocycles. The van der Waals surface area contributed by atoms with Gasteiger partial charge in [0.05, 0.1) is 12.6 Å². The van der Waals surface area contributed by atoms with Crippen LogP contribution in [0.1, 0.15) is 40.5 Å². The number of likely N-dealkylation sites (N-methyl/N-ethyl adjacent to an activating group) is 1. The maximum atomic E-state index is 5.69. The molecule has 4 nitrogen and oxygen atoms in total. The predicted octanol–water partition coefficient (Wildman–Crippen LogP) is 1.37. The number of methoxy groups -OCH3 is 1. The quantitative estimate of drug-likeness (QED) is 0.465. The number of nitrogens with zero attached hydrogens (tertiary/aromatic N) is 1. The average molecular weight is 231 g/mol. The fourth-order valence-corrected chi connectivity index (χ4v) is 2.79. The third-order valence-electron chi connectivity index (χ3n) is 3.80. The minimum atomic E-state index is 0.0915. The van der Waals surface area contributed by atoms with Crippen molar-refractivity contribution in [2.75, 3.05) is 26.8 Å². The van der Waals surface area contributed by atoms with Crippen LogP contribution < -0.4 is 11.3 Å². The number of hydrazine groups is 1. The van der Waals surface area contributed by atoms with E-state index in [1.54, 1.807) is 7.11 Å². The summed E-state index contributed by atoms with van der Waals surface area (Å²) in [5, 5.41) is 0. The van der Waals surface area contributed by atoms with Gasteiger partial charge in [0, 0.05) is 12.6 Å². The lowest BCUT2D eigenvalue weighted by atomic mass is 9.83. The lowest BCUT2D eigenvalue weighted by molar-refractivity contribution is 0.0155. The van der Waals surface area contributed by atoms with Crippen molar-refractivity contribution >= 4 is 0 Å². The van der Waals surface area contributed by atoms with Crippen molar-refractivity contribution < 1.29 is 4.74 Å². The van der Waals surface area contributed by atoms with E-state index in [0.717, 1.165) is 25.9 Å². The van der Waals surface area contributed by atoms with Crippen LogP contribution >= 0.6 is 0 Å². The van der Waals surface area contributed by atoms with Gasteiger partial charge in [0.15, 0.2) is 0 Å². The first-order valence-electron chi connectivity index (χ1n) is 6.36. The van der Waals surface area contributed by atoms with Crippen molar-refractivity contribution in [3.05, 3.63) is 0 Å². The summed E-state index contributed by atoms with van der Waals surface area (Å²) in [5.41, 5.74) is 3.02. The second-order valence-electron chi connectivity index (χ2n) is 4.16. The van der Waals surface area contributed by atoms with Crippen LogP contribution in [0.25, 0.3) is 0 Å². The molecule has 0 aliphatic rings. The van der Waals surface area contributed by atoms with Crippen LogP contribution in [0.5, 0.6) is 0 Å². The van der Waals surface area contributed by atoms with E-state index in [2.05, 4.69) is 38.0 Å². The zero-order valence-electron chi connectivity index (χ0n) is 11.5. The summed E-state index contributed by atoms with van der Waals surface area (Å²) in [6, 6.07) is 0.174. The lowest BCUT2D eigenvalue weighted by Crippen LogP contribution is -2.63. The molecule has 0 fully saturated rings. The van der Waals surface area contributed by atoms with Gasteiger partial charge in [-0.25, -0.2) is 0 Å². The van der Waals surface area contributed by atoms with Gasteiger partial charge in [-0.15, -0.1) is 0 Å². The number of ether oxygens (including phenoxy) is 1. The minimum absolute atomic E-state index is 0.0915. The molecule has 0 saturated heterocycles. The van der Waals surface area contributed by atoms with Crippen LogP contribution in [0.2, 0.25) is 0 Å². The maximum absolute atomic E-state index is 5.69. The number of hydrogen-bond donors (Lipinski definition) is 2. The zero-order chi connectivity index (χ0) is 12.6. The van der Waals surface area contributed by atoms with Crippen molar-refractivity contribution in [1.82, 2.24) is 10.3 Å². The van der Waals surface area contributed by atoms with E-state index in [-0.39, 0.29) is 11.6 Å². The van der Waals surface area contributed by atoms with E-state index < -0.39 is 0 Å². The van der Waals surface area contributed by atoms with E-state index in [0.29, 0.717) is 6.61 Å². The van der Waals surface area contributed by atoms with Gasteiger partial charge in [0.1, 0.15) is 0 Å². The molecule has 0 heterocycles.